The highest BCUT2D eigenvalue weighted by Crippen LogP contribution is 2.36. The molecule has 0 saturated carbocycles. The molecule has 27 heavy (non-hydrogen) atoms. The maximum Gasteiger partial charge on any atom is 0.160 e. The molecule has 0 radical (unpaired) electrons. The summed E-state index contributed by atoms with van der Waals surface area (Å²) in [6.45, 7) is 2.82. The van der Waals surface area contributed by atoms with Crippen LogP contribution in [0.2, 0.25) is 0 Å². The molecule has 0 unspecified atom stereocenters. The minimum absolute atomic E-state index is 0.756. The van der Waals surface area contributed by atoms with Gasteiger partial charge in [0.25, 0.3) is 0 Å². The summed E-state index contributed by atoms with van der Waals surface area (Å²) in [5, 5.41) is 1.30. The molecule has 4 heterocycles. The van der Waals surface area contributed by atoms with Crippen molar-refractivity contribution in [1.29, 1.82) is 0 Å². The summed E-state index contributed by atoms with van der Waals surface area (Å²) in [7, 11) is 0. The van der Waals surface area contributed by atoms with Crippen LogP contribution in [0.15, 0.2) is 59.5 Å². The van der Waals surface area contributed by atoms with Crippen molar-refractivity contribution in [3.8, 4) is 11.4 Å². The van der Waals surface area contributed by atoms with Gasteiger partial charge >= 0.3 is 0 Å². The maximum absolute atomic E-state index is 4.84. The highest BCUT2D eigenvalue weighted by Gasteiger charge is 2.21. The van der Waals surface area contributed by atoms with Crippen LogP contribution in [0.25, 0.3) is 21.5 Å². The Morgan fingerprint density at radius 3 is 2.89 bits per heavy atom. The van der Waals surface area contributed by atoms with E-state index in [1.165, 1.54) is 25.0 Å². The normalized spacial score (nSPS) is 14.4. The third-order valence-electron chi connectivity index (χ3n) is 4.91. The van der Waals surface area contributed by atoms with Crippen LogP contribution in [-0.2, 0) is 19.5 Å². The summed E-state index contributed by atoms with van der Waals surface area (Å²) in [5.41, 5.74) is 3.35. The Labute approximate surface area is 170 Å². The van der Waals surface area contributed by atoms with Gasteiger partial charge in [-0.2, -0.15) is 0 Å². The Kier molecular flexibility index (Phi) is 4.47. The molecule has 0 saturated heterocycles. The summed E-state index contributed by atoms with van der Waals surface area (Å²) in [6, 6.07) is 12.5. The predicted octanol–water partition coefficient (Wildman–Crippen LogP) is 5.07. The lowest BCUT2D eigenvalue weighted by Gasteiger charge is -2.27. The average molecular weight is 437 g/mol. The molecule has 5 rings (SSSR count). The fourth-order valence-electron chi connectivity index (χ4n) is 3.50. The molecule has 0 bridgehead atoms. The Hall–Kier alpha value is -2.15. The molecule has 134 valence electrons. The first kappa shape index (κ1) is 17.0. The van der Waals surface area contributed by atoms with Crippen molar-refractivity contribution in [3.05, 3.63) is 75.6 Å². The van der Waals surface area contributed by atoms with Gasteiger partial charge in [-0.25, -0.2) is 9.97 Å². The number of nitrogens with zero attached hydrogens (tertiary/aromatic N) is 4. The summed E-state index contributed by atoms with van der Waals surface area (Å²) < 4.78 is 2.56. The molecule has 4 aromatic rings. The maximum atomic E-state index is 4.84. The largest absolute Gasteiger partial charge is 0.292 e. The second kappa shape index (κ2) is 7.11. The van der Waals surface area contributed by atoms with E-state index < -0.39 is 0 Å². The van der Waals surface area contributed by atoms with Gasteiger partial charge < -0.3 is 0 Å². The van der Waals surface area contributed by atoms with Crippen LogP contribution in [0, 0.1) is 0 Å². The lowest BCUT2D eigenvalue weighted by atomic mass is 10.1. The van der Waals surface area contributed by atoms with Crippen molar-refractivity contribution in [3.63, 3.8) is 0 Å². The second-order valence-corrected chi connectivity index (χ2v) is 8.63. The number of hydrogen-bond acceptors (Lipinski definition) is 5. The van der Waals surface area contributed by atoms with Gasteiger partial charge in [0.15, 0.2) is 5.82 Å². The van der Waals surface area contributed by atoms with Crippen LogP contribution in [0.5, 0.6) is 0 Å². The van der Waals surface area contributed by atoms with Crippen LogP contribution in [0.3, 0.4) is 0 Å². The third kappa shape index (κ3) is 3.29. The number of halogens is 1. The van der Waals surface area contributed by atoms with Crippen molar-refractivity contribution in [2.24, 2.45) is 0 Å². The van der Waals surface area contributed by atoms with Crippen molar-refractivity contribution in [2.75, 3.05) is 6.54 Å². The van der Waals surface area contributed by atoms with Crippen molar-refractivity contribution >= 4 is 37.4 Å². The summed E-state index contributed by atoms with van der Waals surface area (Å²) in [6.07, 6.45) is 6.56. The third-order valence-corrected chi connectivity index (χ3v) is 7.24. The topological polar surface area (TPSA) is 41.9 Å². The predicted molar refractivity (Wildman–Crippen MR) is 113 cm³/mol. The Bertz CT molecular complexity index is 1110. The average Bonchev–Trinajstić information content (AvgIpc) is 3.04. The second-order valence-electron chi connectivity index (χ2n) is 6.70. The first-order valence-corrected chi connectivity index (χ1v) is 10.5. The standard InChI is InChI=1S/C21H17BrN4S/c22-20-16-5-1-2-6-18(16)27-19(20)13-26-9-7-14-11-24-21(25-17(14)12-26)15-4-3-8-23-10-15/h1-6,8,10-11H,7,9,12-13H2. The van der Waals surface area contributed by atoms with Crippen molar-refractivity contribution < 1.29 is 0 Å². The number of thiophene rings is 1. The van der Waals surface area contributed by atoms with E-state index in [1.54, 1.807) is 6.20 Å². The van der Waals surface area contributed by atoms with Gasteiger partial charge in [0.2, 0.25) is 0 Å². The molecular formula is C21H17BrN4S. The van der Waals surface area contributed by atoms with E-state index in [0.29, 0.717) is 0 Å². The van der Waals surface area contributed by atoms with E-state index in [4.69, 9.17) is 4.98 Å². The minimum Gasteiger partial charge on any atom is -0.292 e. The number of rotatable bonds is 3. The highest BCUT2D eigenvalue weighted by atomic mass is 79.9. The Morgan fingerprint density at radius 2 is 2.04 bits per heavy atom. The summed E-state index contributed by atoms with van der Waals surface area (Å²) >= 11 is 5.67. The zero-order valence-electron chi connectivity index (χ0n) is 14.6. The monoisotopic (exact) mass is 436 g/mol. The lowest BCUT2D eigenvalue weighted by Crippen LogP contribution is -2.30. The molecule has 0 fully saturated rings. The molecule has 1 aromatic carbocycles. The molecule has 0 spiro atoms. The van der Waals surface area contributed by atoms with Gasteiger partial charge in [-0.3, -0.25) is 9.88 Å². The Balaban J connectivity index is 1.41. The van der Waals surface area contributed by atoms with Gasteiger partial charge in [0.05, 0.1) is 5.69 Å². The SMILES string of the molecule is Brc1c(CN2CCc3cnc(-c4cccnc4)nc3C2)sc2ccccc12. The number of benzene rings is 1. The number of fused-ring (bicyclic) bond motifs is 2. The number of aromatic nitrogens is 3. The molecule has 3 aromatic heterocycles. The molecule has 4 nitrogen and oxygen atoms in total. The number of pyridine rings is 1. The molecule has 1 aliphatic heterocycles. The molecule has 1 aliphatic rings. The van der Waals surface area contributed by atoms with Crippen LogP contribution in [0.4, 0.5) is 0 Å². The Morgan fingerprint density at radius 1 is 1.11 bits per heavy atom. The first-order chi connectivity index (χ1) is 13.3. The van der Waals surface area contributed by atoms with E-state index >= 15 is 0 Å². The van der Waals surface area contributed by atoms with Gasteiger partial charge in [-0.05, 0) is 46.1 Å². The molecule has 0 atom stereocenters. The summed E-state index contributed by atoms with van der Waals surface area (Å²) in [5.74, 6) is 0.756. The number of hydrogen-bond donors (Lipinski definition) is 0. The quantitative estimate of drug-likeness (QED) is 0.449. The molecule has 0 aliphatic carbocycles. The fraction of sp³-hybridized carbons (Fsp3) is 0.190. The van der Waals surface area contributed by atoms with E-state index in [1.807, 2.05) is 35.9 Å². The summed E-state index contributed by atoms with van der Waals surface area (Å²) in [4.78, 5) is 17.4. The molecule has 0 N–H and O–H groups in total. The van der Waals surface area contributed by atoms with Crippen molar-refractivity contribution in [1.82, 2.24) is 19.9 Å². The van der Waals surface area contributed by atoms with E-state index in [-0.39, 0.29) is 0 Å². The van der Waals surface area contributed by atoms with E-state index in [2.05, 4.69) is 55.1 Å². The van der Waals surface area contributed by atoms with Crippen LogP contribution in [-0.4, -0.2) is 26.4 Å². The zero-order chi connectivity index (χ0) is 18.2. The van der Waals surface area contributed by atoms with Crippen LogP contribution in [0.1, 0.15) is 16.1 Å². The zero-order valence-corrected chi connectivity index (χ0v) is 17.0. The van der Waals surface area contributed by atoms with E-state index in [0.717, 1.165) is 43.1 Å². The molecule has 0 amide bonds. The fourth-order valence-corrected chi connectivity index (χ4v) is 5.48. The van der Waals surface area contributed by atoms with Gasteiger partial charge in [0, 0.05) is 63.2 Å². The minimum atomic E-state index is 0.756. The smallest absolute Gasteiger partial charge is 0.160 e. The van der Waals surface area contributed by atoms with Crippen molar-refractivity contribution in [2.45, 2.75) is 19.5 Å². The van der Waals surface area contributed by atoms with Gasteiger partial charge in [0.1, 0.15) is 0 Å². The van der Waals surface area contributed by atoms with Crippen LogP contribution >= 0.6 is 27.3 Å². The highest BCUT2D eigenvalue weighted by molar-refractivity contribution is 9.10. The first-order valence-electron chi connectivity index (χ1n) is 8.91. The lowest BCUT2D eigenvalue weighted by molar-refractivity contribution is 0.243. The van der Waals surface area contributed by atoms with Crippen LogP contribution < -0.4 is 0 Å². The van der Waals surface area contributed by atoms with E-state index in [9.17, 15) is 0 Å². The molecular weight excluding hydrogens is 420 g/mol. The van der Waals surface area contributed by atoms with Gasteiger partial charge in [-0.15, -0.1) is 11.3 Å². The van der Waals surface area contributed by atoms with Gasteiger partial charge in [-0.1, -0.05) is 18.2 Å². The molecule has 6 heteroatoms.